The second-order valence-electron chi connectivity index (χ2n) is 3.50. The number of aromatic nitrogens is 1. The second-order valence-corrected chi connectivity index (χ2v) is 3.50. The molecule has 14 heavy (non-hydrogen) atoms. The van der Waals surface area contributed by atoms with Crippen molar-refractivity contribution >= 4 is 5.91 Å². The van der Waals surface area contributed by atoms with Crippen molar-refractivity contribution < 1.29 is 9.90 Å². The van der Waals surface area contributed by atoms with E-state index in [9.17, 15) is 9.90 Å². The van der Waals surface area contributed by atoms with E-state index in [1.54, 1.807) is 0 Å². The van der Waals surface area contributed by atoms with Crippen molar-refractivity contribution in [1.82, 2.24) is 10.3 Å². The Morgan fingerprint density at radius 3 is 2.93 bits per heavy atom. The number of aromatic hydroxyl groups is 1. The van der Waals surface area contributed by atoms with Crippen molar-refractivity contribution in [3.05, 3.63) is 24.0 Å². The van der Waals surface area contributed by atoms with Crippen LogP contribution in [0.1, 0.15) is 24.2 Å². The van der Waals surface area contributed by atoms with Crippen LogP contribution in [0, 0.1) is 5.92 Å². The Labute approximate surface area is 83.0 Å². The highest BCUT2D eigenvalue weighted by Crippen LogP contribution is 2.13. The Morgan fingerprint density at radius 2 is 2.36 bits per heavy atom. The number of rotatable bonds is 3. The van der Waals surface area contributed by atoms with Crippen LogP contribution in [0.3, 0.4) is 0 Å². The van der Waals surface area contributed by atoms with Crippen LogP contribution in [0.15, 0.2) is 18.5 Å². The fourth-order valence-corrected chi connectivity index (χ4v) is 0.970. The Kier molecular flexibility index (Phi) is 3.45. The fourth-order valence-electron chi connectivity index (χ4n) is 0.970. The van der Waals surface area contributed by atoms with Gasteiger partial charge in [-0.1, -0.05) is 13.8 Å². The van der Waals surface area contributed by atoms with Crippen molar-refractivity contribution in [2.24, 2.45) is 5.92 Å². The third-order valence-electron chi connectivity index (χ3n) is 1.72. The highest BCUT2D eigenvalue weighted by molar-refractivity contribution is 5.96. The summed E-state index contributed by atoms with van der Waals surface area (Å²) in [6.07, 6.45) is 2.73. The molecular formula is C10H14N2O2. The number of amides is 1. The summed E-state index contributed by atoms with van der Waals surface area (Å²) in [7, 11) is 0. The first kappa shape index (κ1) is 10.5. The lowest BCUT2D eigenvalue weighted by molar-refractivity contribution is 0.0946. The van der Waals surface area contributed by atoms with E-state index in [1.165, 1.54) is 18.5 Å². The van der Waals surface area contributed by atoms with E-state index in [0.29, 0.717) is 12.5 Å². The molecule has 0 aliphatic carbocycles. The van der Waals surface area contributed by atoms with Crippen LogP contribution >= 0.6 is 0 Å². The minimum absolute atomic E-state index is 0.0891. The summed E-state index contributed by atoms with van der Waals surface area (Å²) in [4.78, 5) is 15.2. The van der Waals surface area contributed by atoms with Crippen molar-refractivity contribution in [1.29, 1.82) is 0 Å². The zero-order valence-electron chi connectivity index (χ0n) is 8.32. The molecule has 0 saturated carbocycles. The molecule has 0 fully saturated rings. The predicted molar refractivity (Wildman–Crippen MR) is 53.1 cm³/mol. The van der Waals surface area contributed by atoms with Crippen LogP contribution in [0.5, 0.6) is 5.75 Å². The lowest BCUT2D eigenvalue weighted by Gasteiger charge is -2.07. The van der Waals surface area contributed by atoms with E-state index in [-0.39, 0.29) is 17.2 Å². The lowest BCUT2D eigenvalue weighted by Crippen LogP contribution is -2.27. The molecule has 0 atom stereocenters. The summed E-state index contributed by atoms with van der Waals surface area (Å²) in [5.41, 5.74) is 0.264. The molecule has 1 amide bonds. The van der Waals surface area contributed by atoms with Gasteiger partial charge in [-0.2, -0.15) is 0 Å². The van der Waals surface area contributed by atoms with Gasteiger partial charge in [0.1, 0.15) is 5.75 Å². The van der Waals surface area contributed by atoms with E-state index < -0.39 is 0 Å². The van der Waals surface area contributed by atoms with Gasteiger partial charge >= 0.3 is 0 Å². The number of pyridine rings is 1. The van der Waals surface area contributed by atoms with Crippen molar-refractivity contribution in [3.63, 3.8) is 0 Å². The maximum absolute atomic E-state index is 11.5. The molecule has 0 unspecified atom stereocenters. The van der Waals surface area contributed by atoms with Gasteiger partial charge in [-0.3, -0.25) is 9.78 Å². The third-order valence-corrected chi connectivity index (χ3v) is 1.72. The highest BCUT2D eigenvalue weighted by Gasteiger charge is 2.09. The smallest absolute Gasteiger partial charge is 0.255 e. The van der Waals surface area contributed by atoms with E-state index in [2.05, 4.69) is 10.3 Å². The van der Waals surface area contributed by atoms with Crippen molar-refractivity contribution in [2.45, 2.75) is 13.8 Å². The summed E-state index contributed by atoms with van der Waals surface area (Å²) in [6, 6.07) is 1.49. The third kappa shape index (κ3) is 2.73. The average molecular weight is 194 g/mol. The molecule has 0 aliphatic heterocycles. The molecule has 0 saturated heterocycles. The van der Waals surface area contributed by atoms with Gasteiger partial charge in [0, 0.05) is 12.7 Å². The maximum atomic E-state index is 11.5. The number of hydrogen-bond donors (Lipinski definition) is 2. The Bertz CT molecular complexity index is 324. The minimum atomic E-state index is -0.265. The van der Waals surface area contributed by atoms with Gasteiger partial charge in [0.15, 0.2) is 0 Å². The first-order valence-electron chi connectivity index (χ1n) is 4.52. The number of nitrogens with one attached hydrogen (secondary N) is 1. The maximum Gasteiger partial charge on any atom is 0.255 e. The van der Waals surface area contributed by atoms with E-state index in [1.807, 2.05) is 13.8 Å². The predicted octanol–water partition coefficient (Wildman–Crippen LogP) is 1.17. The molecule has 0 radical (unpaired) electrons. The molecule has 1 aromatic heterocycles. The average Bonchev–Trinajstić information content (AvgIpc) is 2.15. The Balaban J connectivity index is 2.65. The Hall–Kier alpha value is -1.58. The van der Waals surface area contributed by atoms with E-state index in [4.69, 9.17) is 0 Å². The first-order valence-corrected chi connectivity index (χ1v) is 4.52. The first-order chi connectivity index (χ1) is 6.61. The normalized spacial score (nSPS) is 10.2. The van der Waals surface area contributed by atoms with E-state index >= 15 is 0 Å². The molecule has 1 aromatic rings. The van der Waals surface area contributed by atoms with Gasteiger partial charge in [-0.15, -0.1) is 0 Å². The number of carbonyl (C=O) groups excluding carboxylic acids is 1. The standard InChI is InChI=1S/C10H14N2O2/c1-7(2)5-12-10(14)8-3-4-11-6-9(8)13/h3-4,6-7,13H,5H2,1-2H3,(H,12,14). The van der Waals surface area contributed by atoms with E-state index in [0.717, 1.165) is 0 Å². The van der Waals surface area contributed by atoms with Gasteiger partial charge in [-0.25, -0.2) is 0 Å². The van der Waals surface area contributed by atoms with Gasteiger partial charge in [-0.05, 0) is 12.0 Å². The van der Waals surface area contributed by atoms with Crippen molar-refractivity contribution in [3.8, 4) is 5.75 Å². The molecule has 2 N–H and O–H groups in total. The van der Waals surface area contributed by atoms with Crippen LogP contribution in [0.4, 0.5) is 0 Å². The number of carbonyl (C=O) groups is 1. The van der Waals surface area contributed by atoms with Crippen LogP contribution in [0.25, 0.3) is 0 Å². The molecule has 4 nitrogen and oxygen atoms in total. The molecule has 0 aromatic carbocycles. The summed E-state index contributed by atoms with van der Waals surface area (Å²) >= 11 is 0. The molecule has 76 valence electrons. The summed E-state index contributed by atoms with van der Waals surface area (Å²) in [5, 5.41) is 12.0. The van der Waals surface area contributed by atoms with Crippen LogP contribution in [-0.4, -0.2) is 22.5 Å². The highest BCUT2D eigenvalue weighted by atomic mass is 16.3. The van der Waals surface area contributed by atoms with Crippen LogP contribution in [0.2, 0.25) is 0 Å². The molecule has 0 aliphatic rings. The van der Waals surface area contributed by atoms with Crippen LogP contribution < -0.4 is 5.32 Å². The minimum Gasteiger partial charge on any atom is -0.505 e. The van der Waals surface area contributed by atoms with Crippen LogP contribution in [-0.2, 0) is 0 Å². The molecule has 4 heteroatoms. The molecular weight excluding hydrogens is 180 g/mol. The topological polar surface area (TPSA) is 62.2 Å². The quantitative estimate of drug-likeness (QED) is 0.759. The molecule has 1 heterocycles. The van der Waals surface area contributed by atoms with Gasteiger partial charge < -0.3 is 10.4 Å². The Morgan fingerprint density at radius 1 is 1.64 bits per heavy atom. The zero-order valence-corrected chi connectivity index (χ0v) is 8.32. The summed E-state index contributed by atoms with van der Waals surface area (Å²) < 4.78 is 0. The fraction of sp³-hybridized carbons (Fsp3) is 0.400. The van der Waals surface area contributed by atoms with Gasteiger partial charge in [0.05, 0.1) is 11.8 Å². The van der Waals surface area contributed by atoms with Crippen molar-refractivity contribution in [2.75, 3.05) is 6.54 Å². The lowest BCUT2D eigenvalue weighted by atomic mass is 10.2. The van der Waals surface area contributed by atoms with Gasteiger partial charge in [0.2, 0.25) is 0 Å². The zero-order chi connectivity index (χ0) is 10.6. The summed E-state index contributed by atoms with van der Waals surface area (Å²) in [6.45, 7) is 4.61. The SMILES string of the molecule is CC(C)CNC(=O)c1ccncc1O. The molecule has 0 bridgehead atoms. The second kappa shape index (κ2) is 4.60. The number of hydrogen-bond acceptors (Lipinski definition) is 3. The largest absolute Gasteiger partial charge is 0.505 e. The molecule has 1 rings (SSSR count). The number of nitrogens with zero attached hydrogens (tertiary/aromatic N) is 1. The van der Waals surface area contributed by atoms with Gasteiger partial charge in [0.25, 0.3) is 5.91 Å². The monoisotopic (exact) mass is 194 g/mol. The molecule has 0 spiro atoms. The summed E-state index contributed by atoms with van der Waals surface area (Å²) in [5.74, 6) is 0.0373.